The highest BCUT2D eigenvalue weighted by atomic mass is 16.5. The van der Waals surface area contributed by atoms with Crippen LogP contribution in [0.5, 0.6) is 28.7 Å². The van der Waals surface area contributed by atoms with Crippen LogP contribution in [-0.4, -0.2) is 41.5 Å². The molecule has 1 atom stereocenters. The van der Waals surface area contributed by atoms with Crippen molar-refractivity contribution in [1.82, 2.24) is 5.32 Å². The van der Waals surface area contributed by atoms with Gasteiger partial charge in [0.05, 0.1) is 41.6 Å². The lowest BCUT2D eigenvalue weighted by molar-refractivity contribution is -0.117. The fraction of sp³-hybridized carbons (Fsp3) is 0.318. The topological polar surface area (TPSA) is 75.3 Å². The van der Waals surface area contributed by atoms with Crippen LogP contribution in [0.4, 0.5) is 0 Å². The van der Waals surface area contributed by atoms with Crippen molar-refractivity contribution in [3.63, 3.8) is 0 Å². The van der Waals surface area contributed by atoms with E-state index in [-0.39, 0.29) is 11.9 Å². The van der Waals surface area contributed by atoms with E-state index in [0.29, 0.717) is 34.3 Å². The van der Waals surface area contributed by atoms with Gasteiger partial charge in [0, 0.05) is 23.3 Å². The number of nitrogens with one attached hydrogen (secondary N) is 1. The molecule has 0 saturated heterocycles. The predicted molar refractivity (Wildman–Crippen MR) is 111 cm³/mol. The molecule has 0 unspecified atom stereocenters. The van der Waals surface area contributed by atoms with Crippen molar-refractivity contribution in [3.05, 3.63) is 47.5 Å². The Morgan fingerprint density at radius 3 is 2.03 bits per heavy atom. The molecule has 7 heteroatoms. The molecular weight excluding hydrogens is 374 g/mol. The van der Waals surface area contributed by atoms with Crippen LogP contribution >= 0.6 is 0 Å². The van der Waals surface area contributed by atoms with Gasteiger partial charge in [-0.05, 0) is 37.3 Å². The molecule has 7 nitrogen and oxygen atoms in total. The molecule has 0 aromatic heterocycles. The van der Waals surface area contributed by atoms with Gasteiger partial charge in [0.2, 0.25) is 5.91 Å². The molecule has 0 heterocycles. The van der Waals surface area contributed by atoms with Crippen LogP contribution in [0.25, 0.3) is 6.08 Å². The van der Waals surface area contributed by atoms with E-state index in [1.165, 1.54) is 6.08 Å². The number of amides is 1. The quantitative estimate of drug-likeness (QED) is 0.647. The zero-order valence-electron chi connectivity index (χ0n) is 17.6. The second-order valence-electron chi connectivity index (χ2n) is 6.12. The molecular formula is C22H27NO6. The van der Waals surface area contributed by atoms with Crippen molar-refractivity contribution in [2.75, 3.05) is 35.5 Å². The van der Waals surface area contributed by atoms with Gasteiger partial charge in [-0.3, -0.25) is 4.79 Å². The molecule has 2 aromatic rings. The number of carbonyl (C=O) groups is 1. The summed E-state index contributed by atoms with van der Waals surface area (Å²) in [6, 6.07) is 8.62. The maximum Gasteiger partial charge on any atom is 0.244 e. The highest BCUT2D eigenvalue weighted by Gasteiger charge is 2.15. The predicted octanol–water partition coefficient (Wildman–Crippen LogP) is 3.62. The summed E-state index contributed by atoms with van der Waals surface area (Å²) in [7, 11) is 7.83. The molecule has 156 valence electrons. The van der Waals surface area contributed by atoms with Gasteiger partial charge >= 0.3 is 0 Å². The molecule has 2 aromatic carbocycles. The lowest BCUT2D eigenvalue weighted by Crippen LogP contribution is -2.25. The van der Waals surface area contributed by atoms with E-state index in [1.54, 1.807) is 65.9 Å². The molecule has 0 aliphatic carbocycles. The maximum atomic E-state index is 12.5. The summed E-state index contributed by atoms with van der Waals surface area (Å²) in [5.41, 5.74) is 1.50. The molecule has 0 radical (unpaired) electrons. The number of hydrogen-bond donors (Lipinski definition) is 1. The largest absolute Gasteiger partial charge is 0.497 e. The minimum Gasteiger partial charge on any atom is -0.497 e. The molecule has 0 aliphatic heterocycles. The van der Waals surface area contributed by atoms with Gasteiger partial charge in [-0.15, -0.1) is 0 Å². The third kappa shape index (κ3) is 5.34. The van der Waals surface area contributed by atoms with Crippen LogP contribution in [0, 0.1) is 0 Å². The number of rotatable bonds is 9. The van der Waals surface area contributed by atoms with Gasteiger partial charge in [0.1, 0.15) is 17.2 Å². The third-order valence-corrected chi connectivity index (χ3v) is 4.41. The first-order valence-electron chi connectivity index (χ1n) is 8.97. The molecule has 1 amide bonds. The SMILES string of the molecule is COc1ccc(OC)c([C@@H](C)NC(=O)/C=C/c2cc(OC)c(OC)cc2OC)c1. The number of carbonyl (C=O) groups excluding carboxylic acids is 1. The standard InChI is InChI=1S/C22H27NO6/c1-14(17-12-16(25-2)8-9-18(17)26-3)23-22(24)10-7-15-11-20(28-5)21(29-6)13-19(15)27-4/h7-14H,1-6H3,(H,23,24)/b10-7+/t14-/m1/s1. The van der Waals surface area contributed by atoms with E-state index in [1.807, 2.05) is 13.0 Å². The summed E-state index contributed by atoms with van der Waals surface area (Å²) in [5.74, 6) is 2.75. The first-order valence-corrected chi connectivity index (χ1v) is 8.97. The second-order valence-corrected chi connectivity index (χ2v) is 6.12. The van der Waals surface area contributed by atoms with Crippen LogP contribution in [0.2, 0.25) is 0 Å². The minimum absolute atomic E-state index is 0.265. The minimum atomic E-state index is -0.288. The highest BCUT2D eigenvalue weighted by Crippen LogP contribution is 2.35. The Hall–Kier alpha value is -3.35. The molecule has 0 aliphatic rings. The van der Waals surface area contributed by atoms with Gasteiger partial charge in [-0.2, -0.15) is 0 Å². The van der Waals surface area contributed by atoms with Gasteiger partial charge in [-0.25, -0.2) is 0 Å². The number of methoxy groups -OCH3 is 5. The monoisotopic (exact) mass is 401 g/mol. The summed E-state index contributed by atoms with van der Waals surface area (Å²) in [6.07, 6.45) is 3.10. The Morgan fingerprint density at radius 2 is 1.45 bits per heavy atom. The number of benzene rings is 2. The smallest absolute Gasteiger partial charge is 0.244 e. The number of ether oxygens (including phenoxy) is 5. The lowest BCUT2D eigenvalue weighted by atomic mass is 10.1. The Balaban J connectivity index is 2.20. The molecule has 0 saturated carbocycles. The van der Waals surface area contributed by atoms with E-state index in [2.05, 4.69) is 5.32 Å². The fourth-order valence-corrected chi connectivity index (χ4v) is 2.87. The van der Waals surface area contributed by atoms with Crippen molar-refractivity contribution in [2.24, 2.45) is 0 Å². The van der Waals surface area contributed by atoms with E-state index in [9.17, 15) is 4.79 Å². The van der Waals surface area contributed by atoms with Crippen molar-refractivity contribution in [1.29, 1.82) is 0 Å². The maximum absolute atomic E-state index is 12.5. The molecule has 1 N–H and O–H groups in total. The molecule has 0 spiro atoms. The Kier molecular flexibility index (Phi) is 7.77. The van der Waals surface area contributed by atoms with Crippen LogP contribution in [0.15, 0.2) is 36.4 Å². The summed E-state index contributed by atoms with van der Waals surface area (Å²) in [4.78, 5) is 12.5. The molecule has 2 rings (SSSR count). The summed E-state index contributed by atoms with van der Waals surface area (Å²) in [5, 5.41) is 2.92. The van der Waals surface area contributed by atoms with Gasteiger partial charge in [-0.1, -0.05) is 0 Å². The second kappa shape index (κ2) is 10.3. The summed E-state index contributed by atoms with van der Waals surface area (Å²) < 4.78 is 26.6. The van der Waals surface area contributed by atoms with E-state index >= 15 is 0 Å². The Morgan fingerprint density at radius 1 is 0.828 bits per heavy atom. The van der Waals surface area contributed by atoms with Crippen LogP contribution in [-0.2, 0) is 4.79 Å². The first kappa shape index (κ1) is 21.9. The Bertz CT molecular complexity index is 878. The van der Waals surface area contributed by atoms with E-state index < -0.39 is 0 Å². The van der Waals surface area contributed by atoms with Crippen LogP contribution in [0.1, 0.15) is 24.1 Å². The zero-order chi connectivity index (χ0) is 21.4. The average molecular weight is 401 g/mol. The van der Waals surface area contributed by atoms with Crippen molar-refractivity contribution in [3.8, 4) is 28.7 Å². The number of hydrogen-bond acceptors (Lipinski definition) is 6. The Labute approximate surface area is 171 Å². The van der Waals surface area contributed by atoms with Gasteiger partial charge in [0.15, 0.2) is 11.5 Å². The highest BCUT2D eigenvalue weighted by molar-refractivity contribution is 5.92. The van der Waals surface area contributed by atoms with Crippen molar-refractivity contribution < 1.29 is 28.5 Å². The normalized spacial score (nSPS) is 11.7. The average Bonchev–Trinajstić information content (AvgIpc) is 2.76. The third-order valence-electron chi connectivity index (χ3n) is 4.41. The summed E-state index contributed by atoms with van der Waals surface area (Å²) in [6.45, 7) is 1.88. The fourth-order valence-electron chi connectivity index (χ4n) is 2.87. The van der Waals surface area contributed by atoms with Crippen LogP contribution < -0.4 is 29.0 Å². The lowest BCUT2D eigenvalue weighted by Gasteiger charge is -2.17. The zero-order valence-corrected chi connectivity index (χ0v) is 17.6. The van der Waals surface area contributed by atoms with Crippen molar-refractivity contribution >= 4 is 12.0 Å². The summed E-state index contributed by atoms with van der Waals surface area (Å²) >= 11 is 0. The van der Waals surface area contributed by atoms with E-state index in [0.717, 1.165) is 5.56 Å². The van der Waals surface area contributed by atoms with Gasteiger partial charge < -0.3 is 29.0 Å². The molecule has 29 heavy (non-hydrogen) atoms. The van der Waals surface area contributed by atoms with Crippen LogP contribution in [0.3, 0.4) is 0 Å². The first-order chi connectivity index (χ1) is 14.0. The van der Waals surface area contributed by atoms with Crippen molar-refractivity contribution in [2.45, 2.75) is 13.0 Å². The van der Waals surface area contributed by atoms with E-state index in [4.69, 9.17) is 23.7 Å². The molecule has 0 bridgehead atoms. The molecule has 0 fully saturated rings. The van der Waals surface area contributed by atoms with Gasteiger partial charge in [0.25, 0.3) is 0 Å².